The number of carbonyl (C=O) groups excluding carboxylic acids is 1. The smallest absolute Gasteiger partial charge is 0.321 e. The van der Waals surface area contributed by atoms with Gasteiger partial charge in [0.05, 0.1) is 14.2 Å². The van der Waals surface area contributed by atoms with Crippen molar-refractivity contribution in [1.82, 2.24) is 9.80 Å². The van der Waals surface area contributed by atoms with Gasteiger partial charge in [0, 0.05) is 73.3 Å². The van der Waals surface area contributed by atoms with Crippen LogP contribution in [0, 0.1) is 0 Å². The summed E-state index contributed by atoms with van der Waals surface area (Å²) >= 11 is 12.2. The molecule has 1 aliphatic heterocycles. The van der Waals surface area contributed by atoms with Crippen LogP contribution in [0.5, 0.6) is 11.5 Å². The normalized spacial score (nSPS) is 14.0. The van der Waals surface area contributed by atoms with Crippen molar-refractivity contribution in [2.24, 2.45) is 0 Å². The van der Waals surface area contributed by atoms with Gasteiger partial charge in [-0.3, -0.25) is 4.90 Å². The zero-order chi connectivity index (χ0) is 26.9. The first-order chi connectivity index (χ1) is 18.4. The Morgan fingerprint density at radius 2 is 1.37 bits per heavy atom. The van der Waals surface area contributed by atoms with Gasteiger partial charge in [0.2, 0.25) is 0 Å². The maximum atomic E-state index is 12.8. The molecule has 0 atom stereocenters. The third kappa shape index (κ3) is 7.77. The number of nitrogens with one attached hydrogen (secondary N) is 1. The summed E-state index contributed by atoms with van der Waals surface area (Å²) in [4.78, 5) is 17.0. The van der Waals surface area contributed by atoms with Gasteiger partial charge < -0.3 is 24.4 Å². The van der Waals surface area contributed by atoms with Crippen molar-refractivity contribution in [1.29, 1.82) is 0 Å². The summed E-state index contributed by atoms with van der Waals surface area (Å²) in [7, 11) is 3.17. The molecule has 3 aromatic rings. The fourth-order valence-corrected chi connectivity index (χ4v) is 4.66. The van der Waals surface area contributed by atoms with Gasteiger partial charge in [-0.2, -0.15) is 0 Å². The highest BCUT2D eigenvalue weighted by atomic mass is 35.5. The maximum Gasteiger partial charge on any atom is 0.321 e. The van der Waals surface area contributed by atoms with Crippen LogP contribution >= 0.6 is 23.2 Å². The fraction of sp³-hybridized carbons (Fsp3) is 0.345. The quantitative estimate of drug-likeness (QED) is 0.294. The average molecular weight is 559 g/mol. The summed E-state index contributed by atoms with van der Waals surface area (Å²) < 4.78 is 16.9. The Labute approximate surface area is 234 Å². The van der Waals surface area contributed by atoms with E-state index in [0.717, 1.165) is 37.2 Å². The number of halogens is 2. The van der Waals surface area contributed by atoms with E-state index in [2.05, 4.69) is 10.2 Å². The van der Waals surface area contributed by atoms with E-state index in [1.807, 2.05) is 53.4 Å². The molecule has 0 aliphatic carbocycles. The van der Waals surface area contributed by atoms with E-state index in [1.165, 1.54) is 0 Å². The Hall–Kier alpha value is -2.97. The molecule has 0 radical (unpaired) electrons. The van der Waals surface area contributed by atoms with Crippen LogP contribution in [0.1, 0.15) is 23.7 Å². The molecule has 0 spiro atoms. The minimum absolute atomic E-state index is 0.128. The number of amides is 2. The zero-order valence-electron chi connectivity index (χ0n) is 21.7. The van der Waals surface area contributed by atoms with Gasteiger partial charge in [-0.05, 0) is 41.8 Å². The zero-order valence-corrected chi connectivity index (χ0v) is 23.2. The van der Waals surface area contributed by atoms with E-state index in [1.54, 1.807) is 32.4 Å². The molecule has 0 unspecified atom stereocenters. The lowest BCUT2D eigenvalue weighted by Gasteiger charge is -2.34. The second kappa shape index (κ2) is 13.7. The number of nitrogens with zero attached hydrogens (tertiary/aromatic N) is 2. The molecule has 1 fully saturated rings. The van der Waals surface area contributed by atoms with E-state index in [-0.39, 0.29) is 12.1 Å². The predicted octanol–water partition coefficient (Wildman–Crippen LogP) is 6.36. The van der Waals surface area contributed by atoms with Crippen LogP contribution in [-0.4, -0.2) is 69.4 Å². The molecule has 1 saturated heterocycles. The lowest BCUT2D eigenvalue weighted by atomic mass is 10.0. The number of methoxy groups -OCH3 is 2. The number of hydrogen-bond acceptors (Lipinski definition) is 5. The lowest BCUT2D eigenvalue weighted by Crippen LogP contribution is -2.50. The highest BCUT2D eigenvalue weighted by Gasteiger charge is 2.22. The van der Waals surface area contributed by atoms with E-state index in [4.69, 9.17) is 37.4 Å². The number of anilines is 1. The third-order valence-corrected chi connectivity index (χ3v) is 7.01. The van der Waals surface area contributed by atoms with Crippen molar-refractivity contribution in [3.05, 3.63) is 87.9 Å². The van der Waals surface area contributed by atoms with Gasteiger partial charge in [0.1, 0.15) is 17.6 Å². The van der Waals surface area contributed by atoms with Gasteiger partial charge in [-0.25, -0.2) is 4.79 Å². The summed E-state index contributed by atoms with van der Waals surface area (Å²) in [5.74, 6) is 1.25. The molecule has 4 rings (SSSR count). The van der Waals surface area contributed by atoms with Crippen LogP contribution in [0.3, 0.4) is 0 Å². The Balaban J connectivity index is 1.24. The number of benzene rings is 3. The molecule has 2 amide bonds. The molecule has 3 aromatic carbocycles. The average Bonchev–Trinajstić information content (AvgIpc) is 2.94. The first kappa shape index (κ1) is 28.0. The predicted molar refractivity (Wildman–Crippen MR) is 152 cm³/mol. The monoisotopic (exact) mass is 557 g/mol. The molecule has 38 heavy (non-hydrogen) atoms. The standard InChI is InChI=1S/C29H33Cl2N3O4/c1-36-26-18-25(19-27(20-26)37-2)32-29(35)34-15-13-33(14-16-34)12-3-17-38-28(21-4-8-23(30)9-5-21)22-6-10-24(31)11-7-22/h4-11,18-20,28H,3,12-17H2,1-2H3,(H,32,35). The van der Waals surface area contributed by atoms with Gasteiger partial charge in [-0.15, -0.1) is 0 Å². The van der Waals surface area contributed by atoms with Gasteiger partial charge in [-0.1, -0.05) is 47.5 Å². The number of carbonyl (C=O) groups is 1. The first-order valence-electron chi connectivity index (χ1n) is 12.6. The van der Waals surface area contributed by atoms with E-state index in [0.29, 0.717) is 46.9 Å². The fourth-order valence-electron chi connectivity index (χ4n) is 4.41. The number of ether oxygens (including phenoxy) is 3. The highest BCUT2D eigenvalue weighted by molar-refractivity contribution is 6.30. The van der Waals surface area contributed by atoms with Crippen LogP contribution in [0.4, 0.5) is 10.5 Å². The Morgan fingerprint density at radius 1 is 0.842 bits per heavy atom. The van der Waals surface area contributed by atoms with Gasteiger partial charge in [0.15, 0.2) is 0 Å². The Morgan fingerprint density at radius 3 is 1.87 bits per heavy atom. The topological polar surface area (TPSA) is 63.3 Å². The van der Waals surface area contributed by atoms with Crippen LogP contribution in [0.2, 0.25) is 10.0 Å². The minimum Gasteiger partial charge on any atom is -0.497 e. The van der Waals surface area contributed by atoms with Crippen molar-refractivity contribution in [3.8, 4) is 11.5 Å². The third-order valence-electron chi connectivity index (χ3n) is 6.51. The van der Waals surface area contributed by atoms with Crippen LogP contribution < -0.4 is 14.8 Å². The van der Waals surface area contributed by atoms with Crippen molar-refractivity contribution in [2.75, 3.05) is 58.9 Å². The molecular weight excluding hydrogens is 525 g/mol. The van der Waals surface area contributed by atoms with Gasteiger partial charge in [0.25, 0.3) is 0 Å². The number of rotatable bonds is 10. The SMILES string of the molecule is COc1cc(NC(=O)N2CCN(CCCOC(c3ccc(Cl)cc3)c3ccc(Cl)cc3)CC2)cc(OC)c1. The van der Waals surface area contributed by atoms with Crippen molar-refractivity contribution in [2.45, 2.75) is 12.5 Å². The molecule has 9 heteroatoms. The molecule has 202 valence electrons. The highest BCUT2D eigenvalue weighted by Crippen LogP contribution is 2.29. The largest absolute Gasteiger partial charge is 0.497 e. The molecule has 0 bridgehead atoms. The van der Waals surface area contributed by atoms with Crippen molar-refractivity contribution in [3.63, 3.8) is 0 Å². The van der Waals surface area contributed by atoms with E-state index >= 15 is 0 Å². The minimum atomic E-state index is -0.194. The maximum absolute atomic E-state index is 12.8. The van der Waals surface area contributed by atoms with Crippen LogP contribution in [0.15, 0.2) is 66.7 Å². The summed E-state index contributed by atoms with van der Waals surface area (Å²) in [6.07, 6.45) is 0.688. The summed E-state index contributed by atoms with van der Waals surface area (Å²) in [5, 5.41) is 4.34. The first-order valence-corrected chi connectivity index (χ1v) is 13.3. The van der Waals surface area contributed by atoms with E-state index in [9.17, 15) is 4.79 Å². The molecule has 7 nitrogen and oxygen atoms in total. The molecule has 1 heterocycles. The van der Waals surface area contributed by atoms with Crippen LogP contribution in [0.25, 0.3) is 0 Å². The number of hydrogen-bond donors (Lipinski definition) is 1. The number of piperazine rings is 1. The van der Waals surface area contributed by atoms with Crippen molar-refractivity contribution >= 4 is 34.9 Å². The number of urea groups is 1. The molecule has 0 aromatic heterocycles. The second-order valence-electron chi connectivity index (χ2n) is 9.07. The summed E-state index contributed by atoms with van der Waals surface area (Å²) in [6, 6.07) is 20.7. The van der Waals surface area contributed by atoms with Crippen LogP contribution in [-0.2, 0) is 4.74 Å². The van der Waals surface area contributed by atoms with Crippen molar-refractivity contribution < 1.29 is 19.0 Å². The summed E-state index contributed by atoms with van der Waals surface area (Å²) in [6.45, 7) is 4.45. The molecule has 1 aliphatic rings. The van der Waals surface area contributed by atoms with Gasteiger partial charge >= 0.3 is 6.03 Å². The van der Waals surface area contributed by atoms with E-state index < -0.39 is 0 Å². The second-order valence-corrected chi connectivity index (χ2v) is 9.94. The lowest BCUT2D eigenvalue weighted by molar-refractivity contribution is 0.0670. The molecule has 0 saturated carbocycles. The molecule has 1 N–H and O–H groups in total. The molecular formula is C29H33Cl2N3O4. The Bertz CT molecular complexity index is 1120. The Kier molecular flexibility index (Phi) is 10.1. The summed E-state index contributed by atoms with van der Waals surface area (Å²) in [5.41, 5.74) is 2.73.